The van der Waals surface area contributed by atoms with E-state index in [1.807, 2.05) is 19.9 Å². The summed E-state index contributed by atoms with van der Waals surface area (Å²) in [5.74, 6) is 0.264. The molecule has 4 nitrogen and oxygen atoms in total. The normalized spacial score (nSPS) is 10.2. The molecule has 0 bridgehead atoms. The van der Waals surface area contributed by atoms with Gasteiger partial charge in [0.15, 0.2) is 5.03 Å². The van der Waals surface area contributed by atoms with E-state index < -0.39 is 0 Å². The van der Waals surface area contributed by atoms with Gasteiger partial charge in [-0.25, -0.2) is 10.1 Å². The Bertz CT molecular complexity index is 298. The van der Waals surface area contributed by atoms with Crippen molar-refractivity contribution in [2.75, 3.05) is 11.6 Å². The van der Waals surface area contributed by atoms with E-state index in [0.717, 1.165) is 0 Å². The maximum Gasteiger partial charge on any atom is 0.165 e. The largest absolute Gasteiger partial charge is 0.234 e. The van der Waals surface area contributed by atoms with Crippen LogP contribution in [0.25, 0.3) is 0 Å². The first-order chi connectivity index (χ1) is 6.61. The number of hydrazine groups is 1. The van der Waals surface area contributed by atoms with E-state index in [2.05, 4.69) is 0 Å². The number of nitro groups is 1. The van der Waals surface area contributed by atoms with Gasteiger partial charge in [0.05, 0.1) is 6.54 Å². The van der Waals surface area contributed by atoms with Gasteiger partial charge >= 0.3 is 0 Å². The predicted octanol–water partition coefficient (Wildman–Crippen LogP) is 2.34. The third kappa shape index (κ3) is 2.73. The summed E-state index contributed by atoms with van der Waals surface area (Å²) >= 11 is 0. The molecule has 14 heavy (non-hydrogen) atoms. The fourth-order valence-electron chi connectivity index (χ4n) is 1.21. The van der Waals surface area contributed by atoms with Crippen LogP contribution in [0.15, 0.2) is 30.3 Å². The molecule has 1 aromatic carbocycles. The average Bonchev–Trinajstić information content (AvgIpc) is 2.15. The maximum absolute atomic E-state index is 10.8. The highest BCUT2D eigenvalue weighted by atomic mass is 16.7. The highest BCUT2D eigenvalue weighted by Crippen LogP contribution is 2.14. The van der Waals surface area contributed by atoms with Crippen molar-refractivity contribution in [1.82, 2.24) is 0 Å². The molecule has 0 amide bonds. The second-order valence-corrected chi connectivity index (χ2v) is 3.55. The van der Waals surface area contributed by atoms with Crippen molar-refractivity contribution < 1.29 is 5.03 Å². The number of nitrogens with zero attached hydrogens (tertiary/aromatic N) is 2. The lowest BCUT2D eigenvalue weighted by molar-refractivity contribution is -0.495. The molecule has 4 heteroatoms. The molecule has 1 aromatic rings. The van der Waals surface area contributed by atoms with Crippen molar-refractivity contribution in [3.05, 3.63) is 40.4 Å². The van der Waals surface area contributed by atoms with E-state index in [1.165, 1.54) is 5.01 Å². The van der Waals surface area contributed by atoms with Crippen LogP contribution in [-0.4, -0.2) is 11.6 Å². The molecule has 0 N–H and O–H groups in total. The van der Waals surface area contributed by atoms with Gasteiger partial charge in [-0.1, -0.05) is 37.1 Å². The number of hydrogen-bond acceptors (Lipinski definition) is 2. The van der Waals surface area contributed by atoms with Crippen LogP contribution >= 0.6 is 0 Å². The molecule has 0 aliphatic carbocycles. The first-order valence-electron chi connectivity index (χ1n) is 4.58. The second-order valence-electron chi connectivity index (χ2n) is 3.55. The average molecular weight is 194 g/mol. The van der Waals surface area contributed by atoms with Crippen molar-refractivity contribution in [3.8, 4) is 0 Å². The Morgan fingerprint density at radius 2 is 1.93 bits per heavy atom. The van der Waals surface area contributed by atoms with E-state index in [-0.39, 0.29) is 11.0 Å². The molecular formula is C10H14N2O2. The molecule has 0 saturated carbocycles. The van der Waals surface area contributed by atoms with Crippen molar-refractivity contribution in [2.45, 2.75) is 13.8 Å². The molecule has 0 aliphatic heterocycles. The molecule has 0 fully saturated rings. The summed E-state index contributed by atoms with van der Waals surface area (Å²) < 4.78 is 0. The van der Waals surface area contributed by atoms with Crippen LogP contribution in [0.5, 0.6) is 0 Å². The highest BCUT2D eigenvalue weighted by Gasteiger charge is 2.17. The molecule has 0 unspecified atom stereocenters. The van der Waals surface area contributed by atoms with Crippen LogP contribution in [0, 0.1) is 16.0 Å². The van der Waals surface area contributed by atoms with Gasteiger partial charge in [0.2, 0.25) is 0 Å². The highest BCUT2D eigenvalue weighted by molar-refractivity contribution is 5.42. The van der Waals surface area contributed by atoms with Gasteiger partial charge in [0, 0.05) is 0 Å². The molecule has 0 aliphatic rings. The third-order valence-electron chi connectivity index (χ3n) is 1.79. The molecule has 0 saturated heterocycles. The maximum atomic E-state index is 10.8. The Hall–Kier alpha value is -1.58. The van der Waals surface area contributed by atoms with E-state index in [0.29, 0.717) is 12.2 Å². The summed E-state index contributed by atoms with van der Waals surface area (Å²) in [6.07, 6.45) is 0. The minimum atomic E-state index is -0.366. The van der Waals surface area contributed by atoms with Crippen LogP contribution in [0.4, 0.5) is 5.69 Å². The second kappa shape index (κ2) is 4.60. The van der Waals surface area contributed by atoms with Gasteiger partial charge in [-0.3, -0.25) is 0 Å². The zero-order chi connectivity index (χ0) is 10.6. The number of benzene rings is 1. The van der Waals surface area contributed by atoms with Gasteiger partial charge in [-0.05, 0) is 18.1 Å². The minimum Gasteiger partial charge on any atom is -0.234 e. The molecule has 76 valence electrons. The number of para-hydroxylation sites is 1. The Morgan fingerprint density at radius 3 is 2.36 bits per heavy atom. The Labute approximate surface area is 83.3 Å². The zero-order valence-electron chi connectivity index (χ0n) is 8.38. The quantitative estimate of drug-likeness (QED) is 0.546. The molecule has 0 aromatic heterocycles. The monoisotopic (exact) mass is 194 g/mol. The van der Waals surface area contributed by atoms with Crippen LogP contribution < -0.4 is 5.01 Å². The van der Waals surface area contributed by atoms with E-state index in [4.69, 9.17) is 0 Å². The molecule has 0 radical (unpaired) electrons. The van der Waals surface area contributed by atoms with Gasteiger partial charge < -0.3 is 0 Å². The number of anilines is 1. The molecule has 0 atom stereocenters. The smallest absolute Gasteiger partial charge is 0.165 e. The standard InChI is InChI=1S/C10H14N2O2/c1-9(2)8-11(12(13)14)10-6-4-3-5-7-10/h3-7,9H,8H2,1-2H3. The van der Waals surface area contributed by atoms with Crippen LogP contribution in [0.1, 0.15) is 13.8 Å². The van der Waals surface area contributed by atoms with Gasteiger partial charge in [0.1, 0.15) is 5.69 Å². The summed E-state index contributed by atoms with van der Waals surface area (Å²) in [5, 5.41) is 11.6. The molecule has 0 heterocycles. The van der Waals surface area contributed by atoms with Crippen LogP contribution in [-0.2, 0) is 0 Å². The summed E-state index contributed by atoms with van der Waals surface area (Å²) in [6.45, 7) is 4.34. The SMILES string of the molecule is CC(C)CN(c1ccccc1)[N+](=O)[O-]. The number of rotatable bonds is 4. The van der Waals surface area contributed by atoms with Gasteiger partial charge in [-0.2, -0.15) is 0 Å². The lowest BCUT2D eigenvalue weighted by Crippen LogP contribution is -2.33. The first-order valence-corrected chi connectivity index (χ1v) is 4.58. The van der Waals surface area contributed by atoms with E-state index in [9.17, 15) is 10.1 Å². The molecule has 0 spiro atoms. The predicted molar refractivity (Wildman–Crippen MR) is 55.6 cm³/mol. The van der Waals surface area contributed by atoms with E-state index in [1.54, 1.807) is 24.3 Å². The zero-order valence-corrected chi connectivity index (χ0v) is 8.38. The van der Waals surface area contributed by atoms with Gasteiger partial charge in [0.25, 0.3) is 0 Å². The topological polar surface area (TPSA) is 46.4 Å². The lowest BCUT2D eigenvalue weighted by atomic mass is 10.2. The molecule has 1 rings (SSSR count). The Kier molecular flexibility index (Phi) is 3.45. The third-order valence-corrected chi connectivity index (χ3v) is 1.79. The van der Waals surface area contributed by atoms with Crippen molar-refractivity contribution >= 4 is 5.69 Å². The summed E-state index contributed by atoms with van der Waals surface area (Å²) in [4.78, 5) is 10.8. The Balaban J connectivity index is 2.84. The van der Waals surface area contributed by atoms with Crippen molar-refractivity contribution in [1.29, 1.82) is 0 Å². The van der Waals surface area contributed by atoms with Crippen LogP contribution in [0.2, 0.25) is 0 Å². The summed E-state index contributed by atoms with van der Waals surface area (Å²) in [7, 11) is 0. The lowest BCUT2D eigenvalue weighted by Gasteiger charge is -2.15. The first kappa shape index (κ1) is 10.5. The van der Waals surface area contributed by atoms with Crippen molar-refractivity contribution in [2.24, 2.45) is 5.92 Å². The Morgan fingerprint density at radius 1 is 1.36 bits per heavy atom. The minimum absolute atomic E-state index is 0.264. The van der Waals surface area contributed by atoms with Gasteiger partial charge in [-0.15, -0.1) is 0 Å². The fraction of sp³-hybridized carbons (Fsp3) is 0.400. The summed E-state index contributed by atoms with van der Waals surface area (Å²) in [5.41, 5.74) is 0.631. The number of hydrogen-bond donors (Lipinski definition) is 0. The fourth-order valence-corrected chi connectivity index (χ4v) is 1.21. The van der Waals surface area contributed by atoms with Crippen LogP contribution in [0.3, 0.4) is 0 Å². The van der Waals surface area contributed by atoms with E-state index >= 15 is 0 Å². The van der Waals surface area contributed by atoms with Crippen molar-refractivity contribution in [3.63, 3.8) is 0 Å². The molecular weight excluding hydrogens is 180 g/mol. The summed E-state index contributed by atoms with van der Waals surface area (Å²) in [6, 6.07) is 8.92.